The number of hydrogen-bond donors (Lipinski definition) is 0. The summed E-state index contributed by atoms with van der Waals surface area (Å²) in [7, 11) is 1.37. The molecule has 0 aliphatic carbocycles. The highest BCUT2D eigenvalue weighted by molar-refractivity contribution is 5.98. The highest BCUT2D eigenvalue weighted by Gasteiger charge is 2.58. The maximum Gasteiger partial charge on any atom is 0.408 e. The van der Waals surface area contributed by atoms with Crippen LogP contribution in [-0.4, -0.2) is 42.9 Å². The Labute approximate surface area is 181 Å². The van der Waals surface area contributed by atoms with Crippen LogP contribution in [0.25, 0.3) is 0 Å². The molecule has 1 atom stereocenters. The van der Waals surface area contributed by atoms with Gasteiger partial charge in [-0.3, -0.25) is 9.59 Å². The van der Waals surface area contributed by atoms with Crippen LogP contribution in [0.4, 0.5) is 0 Å². The number of methoxy groups -OCH3 is 1. The Balaban J connectivity index is 1.34. The third-order valence-electron chi connectivity index (χ3n) is 5.99. The van der Waals surface area contributed by atoms with Gasteiger partial charge in [0.1, 0.15) is 0 Å². The molecule has 0 saturated carbocycles. The SMILES string of the molecule is COC(=O)C(CC(=O)c1ccccc1)C1CCN(C2(OCc3ccccc3)OO2)CC1. The van der Waals surface area contributed by atoms with Crippen molar-refractivity contribution < 1.29 is 28.8 Å². The number of ether oxygens (including phenoxy) is 2. The molecule has 0 bridgehead atoms. The van der Waals surface area contributed by atoms with Gasteiger partial charge in [0.2, 0.25) is 0 Å². The number of esters is 1. The van der Waals surface area contributed by atoms with Crippen LogP contribution in [0, 0.1) is 11.8 Å². The standard InChI is InChI=1S/C24H27NO6/c1-28-23(27)21(16-22(26)20-10-6-3-7-11-20)19-12-14-25(15-13-19)24(30-31-24)29-17-18-8-4-2-5-9-18/h2-11,19,21H,12-17H2,1H3. The van der Waals surface area contributed by atoms with E-state index in [2.05, 4.69) is 0 Å². The highest BCUT2D eigenvalue weighted by atomic mass is 17.5. The van der Waals surface area contributed by atoms with Gasteiger partial charge in [-0.1, -0.05) is 60.7 Å². The van der Waals surface area contributed by atoms with Crippen LogP contribution in [0.15, 0.2) is 60.7 Å². The lowest BCUT2D eigenvalue weighted by Gasteiger charge is -2.35. The number of piperidine rings is 1. The summed E-state index contributed by atoms with van der Waals surface area (Å²) < 4.78 is 10.9. The van der Waals surface area contributed by atoms with Gasteiger partial charge in [0.15, 0.2) is 5.78 Å². The first-order valence-corrected chi connectivity index (χ1v) is 10.6. The minimum Gasteiger partial charge on any atom is -0.469 e. The zero-order valence-corrected chi connectivity index (χ0v) is 17.6. The molecule has 2 aliphatic heterocycles. The molecule has 31 heavy (non-hydrogen) atoms. The number of benzene rings is 2. The number of carbonyl (C=O) groups is 2. The Kier molecular flexibility index (Phi) is 6.77. The minimum atomic E-state index is -1.15. The van der Waals surface area contributed by atoms with E-state index >= 15 is 0 Å². The molecule has 2 aliphatic rings. The van der Waals surface area contributed by atoms with Crippen molar-refractivity contribution in [2.24, 2.45) is 11.8 Å². The Morgan fingerprint density at radius 1 is 1.03 bits per heavy atom. The monoisotopic (exact) mass is 425 g/mol. The van der Waals surface area contributed by atoms with Gasteiger partial charge in [-0.05, 0) is 24.3 Å². The van der Waals surface area contributed by atoms with Crippen molar-refractivity contribution in [3.05, 3.63) is 71.8 Å². The molecule has 164 valence electrons. The zero-order chi connectivity index (χ0) is 21.7. The van der Waals surface area contributed by atoms with Crippen LogP contribution in [0.5, 0.6) is 0 Å². The Bertz CT molecular complexity index is 875. The molecule has 0 radical (unpaired) electrons. The average Bonchev–Trinajstić information content (AvgIpc) is 3.63. The molecule has 2 fully saturated rings. The Hall–Kier alpha value is -2.58. The van der Waals surface area contributed by atoms with Crippen molar-refractivity contribution in [1.82, 2.24) is 4.90 Å². The predicted octanol–water partition coefficient (Wildman–Crippen LogP) is 3.55. The lowest BCUT2D eigenvalue weighted by atomic mass is 9.80. The summed E-state index contributed by atoms with van der Waals surface area (Å²) in [5, 5.41) is 0. The summed E-state index contributed by atoms with van der Waals surface area (Å²) in [6.45, 7) is 1.64. The summed E-state index contributed by atoms with van der Waals surface area (Å²) in [6, 6.07) is 18.9. The summed E-state index contributed by atoms with van der Waals surface area (Å²) in [6.07, 6.45) is 0.418. The van der Waals surface area contributed by atoms with E-state index in [4.69, 9.17) is 19.2 Å². The van der Waals surface area contributed by atoms with Crippen LogP contribution < -0.4 is 0 Å². The second-order valence-electron chi connectivity index (χ2n) is 7.91. The van der Waals surface area contributed by atoms with Crippen molar-refractivity contribution in [3.63, 3.8) is 0 Å². The molecule has 0 spiro atoms. The molecule has 2 saturated heterocycles. The van der Waals surface area contributed by atoms with Crippen molar-refractivity contribution in [2.75, 3.05) is 20.2 Å². The van der Waals surface area contributed by atoms with E-state index in [1.54, 1.807) is 12.1 Å². The quantitative estimate of drug-likeness (QED) is 0.263. The minimum absolute atomic E-state index is 0.0429. The number of rotatable bonds is 9. The van der Waals surface area contributed by atoms with E-state index in [0.29, 0.717) is 38.1 Å². The topological polar surface area (TPSA) is 80.9 Å². The summed E-state index contributed by atoms with van der Waals surface area (Å²) in [5.74, 6) is -0.810. The van der Waals surface area contributed by atoms with Gasteiger partial charge in [0.25, 0.3) is 0 Å². The van der Waals surface area contributed by atoms with Crippen LogP contribution >= 0.6 is 0 Å². The van der Waals surface area contributed by atoms with Gasteiger partial charge in [-0.25, -0.2) is 4.90 Å². The molecule has 4 rings (SSSR count). The van der Waals surface area contributed by atoms with Crippen LogP contribution in [-0.2, 0) is 30.7 Å². The molecule has 7 nitrogen and oxygen atoms in total. The van der Waals surface area contributed by atoms with Crippen LogP contribution in [0.2, 0.25) is 0 Å². The maximum absolute atomic E-state index is 12.7. The van der Waals surface area contributed by atoms with E-state index in [1.807, 2.05) is 53.4 Å². The Morgan fingerprint density at radius 2 is 1.65 bits per heavy atom. The van der Waals surface area contributed by atoms with E-state index in [0.717, 1.165) is 5.56 Å². The summed E-state index contributed by atoms with van der Waals surface area (Å²) in [5.41, 5.74) is 1.64. The van der Waals surface area contributed by atoms with Crippen molar-refractivity contribution in [1.29, 1.82) is 0 Å². The molecule has 7 heteroatoms. The van der Waals surface area contributed by atoms with Crippen molar-refractivity contribution in [2.45, 2.75) is 32.0 Å². The number of carbonyl (C=O) groups excluding carboxylic acids is 2. The number of hydrogen-bond acceptors (Lipinski definition) is 7. The smallest absolute Gasteiger partial charge is 0.408 e. The fourth-order valence-corrected chi connectivity index (χ4v) is 4.14. The normalized spacial score (nSPS) is 19.5. The second kappa shape index (κ2) is 9.70. The molecular weight excluding hydrogens is 398 g/mol. The van der Waals surface area contributed by atoms with E-state index in [9.17, 15) is 9.59 Å². The Morgan fingerprint density at radius 3 is 2.23 bits per heavy atom. The first-order valence-electron chi connectivity index (χ1n) is 10.6. The first kappa shape index (κ1) is 21.6. The molecular formula is C24H27NO6. The lowest BCUT2D eigenvalue weighted by molar-refractivity contribution is -0.184. The molecule has 2 aromatic rings. The lowest BCUT2D eigenvalue weighted by Crippen LogP contribution is -2.47. The number of Topliss-reactive ketones (excluding diaryl/α,β-unsaturated/α-hetero) is 1. The number of likely N-dealkylation sites (tertiary alicyclic amines) is 1. The number of nitrogens with zero attached hydrogens (tertiary/aromatic N) is 1. The van der Waals surface area contributed by atoms with E-state index in [-0.39, 0.29) is 24.1 Å². The van der Waals surface area contributed by atoms with E-state index < -0.39 is 12.0 Å². The fourth-order valence-electron chi connectivity index (χ4n) is 4.14. The third-order valence-corrected chi connectivity index (χ3v) is 5.99. The average molecular weight is 425 g/mol. The summed E-state index contributed by atoms with van der Waals surface area (Å²) in [4.78, 5) is 37.5. The van der Waals surface area contributed by atoms with Crippen LogP contribution in [0.3, 0.4) is 0 Å². The largest absolute Gasteiger partial charge is 0.469 e. The molecule has 1 unspecified atom stereocenters. The number of ketones is 1. The molecule has 0 aromatic heterocycles. The van der Waals surface area contributed by atoms with Crippen molar-refractivity contribution in [3.8, 4) is 0 Å². The summed E-state index contributed by atoms with van der Waals surface area (Å²) >= 11 is 0. The molecule has 2 heterocycles. The zero-order valence-electron chi connectivity index (χ0n) is 17.6. The van der Waals surface area contributed by atoms with Crippen LogP contribution in [0.1, 0.15) is 35.2 Å². The predicted molar refractivity (Wildman–Crippen MR) is 111 cm³/mol. The molecule has 0 amide bonds. The van der Waals surface area contributed by atoms with E-state index in [1.165, 1.54) is 7.11 Å². The van der Waals surface area contributed by atoms with Gasteiger partial charge in [-0.15, -0.1) is 9.78 Å². The molecule has 0 N–H and O–H groups in total. The third kappa shape index (κ3) is 5.19. The molecule has 2 aromatic carbocycles. The van der Waals surface area contributed by atoms with Gasteiger partial charge in [0.05, 0.1) is 19.6 Å². The first-order chi connectivity index (χ1) is 15.1. The van der Waals surface area contributed by atoms with Gasteiger partial charge in [-0.2, -0.15) is 0 Å². The second-order valence-corrected chi connectivity index (χ2v) is 7.91. The van der Waals surface area contributed by atoms with Gasteiger partial charge >= 0.3 is 12.1 Å². The fraction of sp³-hybridized carbons (Fsp3) is 0.417. The maximum atomic E-state index is 12.7. The van der Waals surface area contributed by atoms with Crippen molar-refractivity contribution >= 4 is 11.8 Å². The highest BCUT2D eigenvalue weighted by Crippen LogP contribution is 2.40. The van der Waals surface area contributed by atoms with Gasteiger partial charge in [0, 0.05) is 25.1 Å². The van der Waals surface area contributed by atoms with Gasteiger partial charge < -0.3 is 9.47 Å².